The number of nitrogens with zero attached hydrogens (tertiary/aromatic N) is 3. The second-order valence-corrected chi connectivity index (χ2v) is 9.29. The maximum atomic E-state index is 13.6. The van der Waals surface area contributed by atoms with Gasteiger partial charge in [0.15, 0.2) is 5.11 Å². The minimum absolute atomic E-state index is 0.0927. The van der Waals surface area contributed by atoms with Crippen LogP contribution in [0.2, 0.25) is 0 Å². The highest BCUT2D eigenvalue weighted by Crippen LogP contribution is 2.44. The monoisotopic (exact) mass is 470 g/mol. The third-order valence-electron chi connectivity index (χ3n) is 6.74. The summed E-state index contributed by atoms with van der Waals surface area (Å²) in [5, 5.41) is 4.22. The molecule has 172 valence electrons. The molecule has 0 saturated carbocycles. The number of anilines is 1. The maximum absolute atomic E-state index is 13.6. The Hall–Kier alpha value is -3.51. The first-order valence-electron chi connectivity index (χ1n) is 11.4. The van der Waals surface area contributed by atoms with Crippen molar-refractivity contribution in [3.63, 3.8) is 0 Å². The molecule has 2 aromatic heterocycles. The van der Waals surface area contributed by atoms with Crippen molar-refractivity contribution >= 4 is 23.0 Å². The highest BCUT2D eigenvalue weighted by atomic mass is 32.1. The molecule has 1 aliphatic heterocycles. The molecule has 0 bridgehead atoms. The number of hydrogen-bond donors (Lipinski definition) is 1. The summed E-state index contributed by atoms with van der Waals surface area (Å²) in [6.45, 7) is 8.43. The zero-order chi connectivity index (χ0) is 24.0. The summed E-state index contributed by atoms with van der Waals surface area (Å²) >= 11 is 5.88. The quantitative estimate of drug-likeness (QED) is 0.349. The zero-order valence-electron chi connectivity index (χ0n) is 19.7. The Labute approximate surface area is 205 Å². The fraction of sp³-hybridized carbons (Fsp3) is 0.214. The predicted molar refractivity (Wildman–Crippen MR) is 139 cm³/mol. The minimum atomic E-state index is -0.243. The van der Waals surface area contributed by atoms with Gasteiger partial charge >= 0.3 is 0 Å². The largest absolute Gasteiger partial charge is 0.351 e. The summed E-state index contributed by atoms with van der Waals surface area (Å²) in [5.41, 5.74) is 8.72. The van der Waals surface area contributed by atoms with Crippen LogP contribution in [0.1, 0.15) is 45.9 Å². The van der Waals surface area contributed by atoms with Gasteiger partial charge in [-0.2, -0.15) is 0 Å². The minimum Gasteiger partial charge on any atom is -0.351 e. The Morgan fingerprint density at radius 2 is 1.62 bits per heavy atom. The molecule has 3 heterocycles. The molecule has 0 spiro atoms. The second-order valence-electron chi connectivity index (χ2n) is 8.90. The molecule has 5 rings (SSSR count). The average Bonchev–Trinajstić information content (AvgIpc) is 3.32. The van der Waals surface area contributed by atoms with Gasteiger partial charge in [-0.25, -0.2) is 4.39 Å². The first kappa shape index (κ1) is 22.3. The molecule has 1 aliphatic rings. The number of nitrogens with one attached hydrogen (secondary N) is 1. The number of thiocarbonyl (C=S) groups is 1. The van der Waals surface area contributed by atoms with Crippen molar-refractivity contribution in [2.45, 2.75) is 39.8 Å². The Morgan fingerprint density at radius 1 is 0.882 bits per heavy atom. The van der Waals surface area contributed by atoms with Gasteiger partial charge in [-0.15, -0.1) is 0 Å². The third kappa shape index (κ3) is 3.78. The van der Waals surface area contributed by atoms with Crippen LogP contribution in [0.5, 0.6) is 0 Å². The molecule has 4 aromatic rings. The molecule has 2 aromatic carbocycles. The van der Waals surface area contributed by atoms with Crippen molar-refractivity contribution < 1.29 is 4.39 Å². The zero-order valence-corrected chi connectivity index (χ0v) is 20.5. The highest BCUT2D eigenvalue weighted by Gasteiger charge is 2.42. The number of pyridine rings is 1. The smallest absolute Gasteiger partial charge is 0.174 e. The summed E-state index contributed by atoms with van der Waals surface area (Å²) in [6, 6.07) is 21.1. The van der Waals surface area contributed by atoms with Gasteiger partial charge in [-0.3, -0.25) is 4.98 Å². The maximum Gasteiger partial charge on any atom is 0.174 e. The Bertz CT molecular complexity index is 1360. The molecule has 1 saturated heterocycles. The lowest BCUT2D eigenvalue weighted by molar-refractivity contribution is 0.565. The van der Waals surface area contributed by atoms with Crippen LogP contribution in [0.4, 0.5) is 10.1 Å². The van der Waals surface area contributed by atoms with Crippen LogP contribution in [-0.4, -0.2) is 14.7 Å². The molecular weight excluding hydrogens is 443 g/mol. The van der Waals surface area contributed by atoms with Crippen LogP contribution in [0.25, 0.3) is 5.69 Å². The lowest BCUT2D eigenvalue weighted by atomic mass is 9.96. The van der Waals surface area contributed by atoms with Gasteiger partial charge in [0.2, 0.25) is 0 Å². The number of halogens is 1. The van der Waals surface area contributed by atoms with Crippen molar-refractivity contribution in [1.82, 2.24) is 14.9 Å². The molecule has 2 unspecified atom stereocenters. The highest BCUT2D eigenvalue weighted by molar-refractivity contribution is 7.80. The topological polar surface area (TPSA) is 33.1 Å². The van der Waals surface area contributed by atoms with E-state index in [4.69, 9.17) is 12.2 Å². The molecule has 1 N–H and O–H groups in total. The van der Waals surface area contributed by atoms with E-state index in [9.17, 15) is 4.39 Å². The van der Waals surface area contributed by atoms with Crippen molar-refractivity contribution in [3.8, 4) is 5.69 Å². The van der Waals surface area contributed by atoms with Gasteiger partial charge in [0.25, 0.3) is 0 Å². The third-order valence-corrected chi connectivity index (χ3v) is 7.06. The van der Waals surface area contributed by atoms with Crippen molar-refractivity contribution in [1.29, 1.82) is 0 Å². The van der Waals surface area contributed by atoms with Gasteiger partial charge < -0.3 is 14.8 Å². The van der Waals surface area contributed by atoms with Crippen LogP contribution < -0.4 is 10.2 Å². The molecule has 6 heteroatoms. The summed E-state index contributed by atoms with van der Waals surface area (Å²) in [7, 11) is 0. The van der Waals surface area contributed by atoms with E-state index < -0.39 is 0 Å². The van der Waals surface area contributed by atoms with E-state index in [1.165, 1.54) is 23.3 Å². The Balaban J connectivity index is 1.68. The SMILES string of the molecule is Cc1ccc(N2C(=S)NC(c3ccccn3)C2c2cc(C)n(-c3ccc(F)cc3)c2C)cc1C. The summed E-state index contributed by atoms with van der Waals surface area (Å²) in [4.78, 5) is 6.87. The summed E-state index contributed by atoms with van der Waals surface area (Å²) < 4.78 is 15.8. The van der Waals surface area contributed by atoms with Crippen molar-refractivity contribution in [2.24, 2.45) is 0 Å². The standard InChI is InChI=1S/C28H27FN4S/c1-17-8-11-23(15-18(17)2)33-27(26(31-28(33)34)25-7-5-6-14-30-25)24-16-19(3)32(20(24)4)22-12-9-21(29)10-13-22/h5-16,26-27H,1-4H3,(H,31,34). The predicted octanol–water partition coefficient (Wildman–Crippen LogP) is 6.42. The van der Waals surface area contributed by atoms with Crippen LogP contribution in [-0.2, 0) is 0 Å². The van der Waals surface area contributed by atoms with Crippen LogP contribution >= 0.6 is 12.2 Å². The normalized spacial score (nSPS) is 17.8. The van der Waals surface area contributed by atoms with Gasteiger partial charge in [0, 0.05) is 29.0 Å². The van der Waals surface area contributed by atoms with E-state index in [-0.39, 0.29) is 17.9 Å². The number of hydrogen-bond acceptors (Lipinski definition) is 2. The fourth-order valence-corrected chi connectivity index (χ4v) is 5.24. The van der Waals surface area contributed by atoms with Gasteiger partial charge in [0.1, 0.15) is 5.82 Å². The average molecular weight is 471 g/mol. The van der Waals surface area contributed by atoms with Crippen LogP contribution in [0.3, 0.4) is 0 Å². The number of aromatic nitrogens is 2. The molecule has 4 nitrogen and oxygen atoms in total. The van der Waals surface area contributed by atoms with E-state index in [0.717, 1.165) is 34.0 Å². The number of rotatable bonds is 4. The second kappa shape index (κ2) is 8.69. The lowest BCUT2D eigenvalue weighted by Gasteiger charge is -2.28. The van der Waals surface area contributed by atoms with E-state index in [1.807, 2.05) is 36.5 Å². The molecular formula is C28H27FN4S. The summed E-state index contributed by atoms with van der Waals surface area (Å²) in [6.07, 6.45) is 1.82. The van der Waals surface area contributed by atoms with Gasteiger partial charge in [0.05, 0.1) is 17.8 Å². The molecule has 34 heavy (non-hydrogen) atoms. The molecule has 0 amide bonds. The first-order valence-corrected chi connectivity index (χ1v) is 11.8. The molecule has 2 atom stereocenters. The van der Waals surface area contributed by atoms with Crippen molar-refractivity contribution in [3.05, 3.63) is 113 Å². The van der Waals surface area contributed by atoms with Crippen LogP contribution in [0.15, 0.2) is 72.9 Å². The van der Waals surface area contributed by atoms with Gasteiger partial charge in [-0.05, 0) is 111 Å². The van der Waals surface area contributed by atoms with Crippen LogP contribution in [0, 0.1) is 33.5 Å². The number of benzene rings is 2. The number of aryl methyl sites for hydroxylation is 3. The Kier molecular flexibility index (Phi) is 5.70. The van der Waals surface area contributed by atoms with E-state index in [2.05, 4.69) is 71.7 Å². The summed E-state index contributed by atoms with van der Waals surface area (Å²) in [5.74, 6) is -0.243. The molecule has 1 fully saturated rings. The Morgan fingerprint density at radius 3 is 2.29 bits per heavy atom. The lowest BCUT2D eigenvalue weighted by Crippen LogP contribution is -2.29. The van der Waals surface area contributed by atoms with Gasteiger partial charge in [-0.1, -0.05) is 12.1 Å². The first-order chi connectivity index (χ1) is 16.3. The fourth-order valence-electron chi connectivity index (χ4n) is 4.90. The molecule has 0 radical (unpaired) electrons. The van der Waals surface area contributed by atoms with E-state index in [1.54, 1.807) is 0 Å². The van der Waals surface area contributed by atoms with E-state index >= 15 is 0 Å². The molecule has 0 aliphatic carbocycles. The van der Waals surface area contributed by atoms with E-state index in [0.29, 0.717) is 5.11 Å². The van der Waals surface area contributed by atoms with Crippen molar-refractivity contribution in [2.75, 3.05) is 4.90 Å².